The molecule has 0 unspecified atom stereocenters. The summed E-state index contributed by atoms with van der Waals surface area (Å²) in [5.74, 6) is -0.00137. The van der Waals surface area contributed by atoms with E-state index >= 15 is 0 Å². The third-order valence-electron chi connectivity index (χ3n) is 4.46. The Morgan fingerprint density at radius 3 is 2.92 bits per heavy atom. The molecule has 1 aliphatic heterocycles. The van der Waals surface area contributed by atoms with Crippen molar-refractivity contribution in [3.8, 4) is 0 Å². The lowest BCUT2D eigenvalue weighted by molar-refractivity contribution is 0.259. The predicted molar refractivity (Wildman–Crippen MR) is 91.9 cm³/mol. The smallest absolute Gasteiger partial charge is 0.317 e. The number of anilines is 2. The average molecular weight is 358 g/mol. The van der Waals surface area contributed by atoms with Crippen LogP contribution in [-0.4, -0.2) is 27.2 Å². The molecule has 134 valence electrons. The fourth-order valence-corrected chi connectivity index (χ4v) is 3.36. The predicted octanol–water partition coefficient (Wildman–Crippen LogP) is 2.84. The number of amides is 2. The zero-order valence-electron chi connectivity index (χ0n) is 13.7. The lowest BCUT2D eigenvalue weighted by atomic mass is 10.0. The summed E-state index contributed by atoms with van der Waals surface area (Å²) in [5, 5.41) is 6.95. The van der Waals surface area contributed by atoms with Crippen molar-refractivity contribution in [3.05, 3.63) is 53.7 Å². The first-order valence-corrected chi connectivity index (χ1v) is 8.16. The SMILES string of the molecule is NC(=O)Nc1cnc2ccc(N3CCC[C@@H]3c3cc(F)ccc3F)nn12. The summed E-state index contributed by atoms with van der Waals surface area (Å²) < 4.78 is 29.3. The number of hydrogen-bond donors (Lipinski definition) is 2. The number of nitrogens with two attached hydrogens (primary N) is 1. The van der Waals surface area contributed by atoms with Gasteiger partial charge in [-0.1, -0.05) is 0 Å². The van der Waals surface area contributed by atoms with Crippen molar-refractivity contribution in [1.82, 2.24) is 14.6 Å². The zero-order valence-corrected chi connectivity index (χ0v) is 13.7. The number of primary amides is 1. The van der Waals surface area contributed by atoms with Gasteiger partial charge in [-0.05, 0) is 43.2 Å². The number of carbonyl (C=O) groups excluding carboxylic acids is 1. The van der Waals surface area contributed by atoms with Crippen molar-refractivity contribution in [2.45, 2.75) is 18.9 Å². The lowest BCUT2D eigenvalue weighted by Crippen LogP contribution is -2.25. The summed E-state index contributed by atoms with van der Waals surface area (Å²) in [6.07, 6.45) is 2.97. The Morgan fingerprint density at radius 2 is 2.12 bits per heavy atom. The normalized spacial score (nSPS) is 17.0. The minimum atomic E-state index is -0.722. The van der Waals surface area contributed by atoms with Crippen molar-refractivity contribution >= 4 is 23.3 Å². The topological polar surface area (TPSA) is 88.5 Å². The third-order valence-corrected chi connectivity index (χ3v) is 4.46. The number of benzene rings is 1. The fraction of sp³-hybridized carbons (Fsp3) is 0.235. The van der Waals surface area contributed by atoms with Crippen LogP contribution in [0.5, 0.6) is 0 Å². The second-order valence-corrected chi connectivity index (χ2v) is 6.11. The van der Waals surface area contributed by atoms with Crippen LogP contribution in [0.25, 0.3) is 5.65 Å². The van der Waals surface area contributed by atoms with Gasteiger partial charge in [-0.15, -0.1) is 5.10 Å². The maximum atomic E-state index is 14.2. The first-order chi connectivity index (χ1) is 12.5. The Balaban J connectivity index is 1.73. The van der Waals surface area contributed by atoms with E-state index in [0.29, 0.717) is 35.8 Å². The Labute approximate surface area is 147 Å². The zero-order chi connectivity index (χ0) is 18.3. The minimum absolute atomic E-state index is 0.311. The van der Waals surface area contributed by atoms with E-state index in [4.69, 9.17) is 5.73 Å². The highest BCUT2D eigenvalue weighted by molar-refractivity contribution is 5.87. The summed E-state index contributed by atoms with van der Waals surface area (Å²) in [6.45, 7) is 0.659. The van der Waals surface area contributed by atoms with Crippen molar-refractivity contribution in [2.24, 2.45) is 5.73 Å². The van der Waals surface area contributed by atoms with Gasteiger partial charge in [0.05, 0.1) is 12.2 Å². The molecular weight excluding hydrogens is 342 g/mol. The van der Waals surface area contributed by atoms with Crippen LogP contribution in [-0.2, 0) is 0 Å². The van der Waals surface area contributed by atoms with Crippen molar-refractivity contribution < 1.29 is 13.6 Å². The average Bonchev–Trinajstić information content (AvgIpc) is 3.23. The molecule has 7 nitrogen and oxygen atoms in total. The molecule has 1 fully saturated rings. The molecule has 2 amide bonds. The molecule has 3 N–H and O–H groups in total. The summed E-state index contributed by atoms with van der Waals surface area (Å²) >= 11 is 0. The number of nitrogens with one attached hydrogen (secondary N) is 1. The van der Waals surface area contributed by atoms with Crippen LogP contribution in [0.1, 0.15) is 24.4 Å². The Kier molecular flexibility index (Phi) is 3.90. The first-order valence-electron chi connectivity index (χ1n) is 8.16. The quantitative estimate of drug-likeness (QED) is 0.753. The van der Waals surface area contributed by atoms with E-state index in [2.05, 4.69) is 15.4 Å². The highest BCUT2D eigenvalue weighted by Crippen LogP contribution is 2.36. The molecule has 3 heterocycles. The molecule has 2 aromatic heterocycles. The highest BCUT2D eigenvalue weighted by Gasteiger charge is 2.30. The monoisotopic (exact) mass is 358 g/mol. The van der Waals surface area contributed by atoms with Gasteiger partial charge in [0, 0.05) is 12.1 Å². The number of hydrogen-bond acceptors (Lipinski definition) is 4. The second kappa shape index (κ2) is 6.25. The maximum Gasteiger partial charge on any atom is 0.317 e. The Bertz CT molecular complexity index is 989. The molecule has 3 aromatic rings. The van der Waals surface area contributed by atoms with Gasteiger partial charge in [0.1, 0.15) is 17.5 Å². The Hall–Kier alpha value is -3.23. The van der Waals surface area contributed by atoms with E-state index in [0.717, 1.165) is 18.6 Å². The standard InChI is InChI=1S/C17H16F2N6O/c18-10-3-4-12(19)11(8-10)13-2-1-7-24(13)15-6-5-14-21-9-16(22-17(20)26)25(14)23-15/h3-6,8-9,13H,1-2,7H2,(H3,20,22,26)/t13-/m1/s1. The molecule has 1 atom stereocenters. The molecule has 9 heteroatoms. The number of carbonyl (C=O) groups is 1. The summed E-state index contributed by atoms with van der Waals surface area (Å²) in [6, 6.07) is 5.95. The summed E-state index contributed by atoms with van der Waals surface area (Å²) in [7, 11) is 0. The molecule has 0 saturated carbocycles. The van der Waals surface area contributed by atoms with E-state index in [1.807, 2.05) is 4.90 Å². The fourth-order valence-electron chi connectivity index (χ4n) is 3.36. The van der Waals surface area contributed by atoms with Gasteiger partial charge in [0.15, 0.2) is 11.5 Å². The van der Waals surface area contributed by atoms with Crippen LogP contribution in [0.2, 0.25) is 0 Å². The van der Waals surface area contributed by atoms with Gasteiger partial charge in [-0.3, -0.25) is 5.32 Å². The van der Waals surface area contributed by atoms with E-state index < -0.39 is 17.7 Å². The van der Waals surface area contributed by atoms with Crippen molar-refractivity contribution in [2.75, 3.05) is 16.8 Å². The largest absolute Gasteiger partial charge is 0.351 e. The lowest BCUT2D eigenvalue weighted by Gasteiger charge is -2.26. The van der Waals surface area contributed by atoms with Crippen molar-refractivity contribution in [1.29, 1.82) is 0 Å². The van der Waals surface area contributed by atoms with Crippen LogP contribution in [0.15, 0.2) is 36.5 Å². The second-order valence-electron chi connectivity index (χ2n) is 6.11. The van der Waals surface area contributed by atoms with Crippen LogP contribution < -0.4 is 16.0 Å². The molecule has 1 aliphatic rings. The van der Waals surface area contributed by atoms with Crippen LogP contribution in [0.3, 0.4) is 0 Å². The molecule has 0 radical (unpaired) electrons. The van der Waals surface area contributed by atoms with E-state index in [-0.39, 0.29) is 6.04 Å². The first kappa shape index (κ1) is 16.2. The number of halogens is 2. The van der Waals surface area contributed by atoms with Crippen LogP contribution in [0.4, 0.5) is 25.2 Å². The van der Waals surface area contributed by atoms with Gasteiger partial charge in [-0.25, -0.2) is 18.6 Å². The molecule has 1 aromatic carbocycles. The molecule has 4 rings (SSSR count). The van der Waals surface area contributed by atoms with E-state index in [1.54, 1.807) is 12.1 Å². The van der Waals surface area contributed by atoms with Gasteiger partial charge in [0.25, 0.3) is 0 Å². The number of imidazole rings is 1. The maximum absolute atomic E-state index is 14.2. The third kappa shape index (κ3) is 2.81. The highest BCUT2D eigenvalue weighted by atomic mass is 19.1. The Morgan fingerprint density at radius 1 is 1.27 bits per heavy atom. The number of urea groups is 1. The summed E-state index contributed by atoms with van der Waals surface area (Å²) in [5.41, 5.74) is 6.00. The summed E-state index contributed by atoms with van der Waals surface area (Å²) in [4.78, 5) is 17.2. The molecule has 26 heavy (non-hydrogen) atoms. The minimum Gasteiger partial charge on any atom is -0.351 e. The van der Waals surface area contributed by atoms with Crippen LogP contribution >= 0.6 is 0 Å². The van der Waals surface area contributed by atoms with E-state index in [1.165, 1.54) is 16.8 Å². The van der Waals surface area contributed by atoms with Gasteiger partial charge < -0.3 is 10.6 Å². The van der Waals surface area contributed by atoms with Gasteiger partial charge in [-0.2, -0.15) is 4.52 Å². The number of aromatic nitrogens is 3. The van der Waals surface area contributed by atoms with Crippen LogP contribution in [0, 0.1) is 11.6 Å². The molecule has 0 spiro atoms. The van der Waals surface area contributed by atoms with E-state index in [9.17, 15) is 13.6 Å². The van der Waals surface area contributed by atoms with Crippen molar-refractivity contribution in [3.63, 3.8) is 0 Å². The van der Waals surface area contributed by atoms with Gasteiger partial charge in [0.2, 0.25) is 0 Å². The molecular formula is C17H16F2N6O. The number of rotatable bonds is 3. The molecule has 1 saturated heterocycles. The number of fused-ring (bicyclic) bond motifs is 1. The molecule has 0 bridgehead atoms. The molecule has 0 aliphatic carbocycles. The van der Waals surface area contributed by atoms with Gasteiger partial charge >= 0.3 is 6.03 Å². The number of nitrogens with zero attached hydrogens (tertiary/aromatic N) is 4.